The van der Waals surface area contributed by atoms with E-state index in [-0.39, 0.29) is 31.3 Å². The van der Waals surface area contributed by atoms with E-state index in [4.69, 9.17) is 9.47 Å². The maximum Gasteiger partial charge on any atom is 0.257 e. The number of rotatable bonds is 10. The third kappa shape index (κ3) is 8.22. The molecule has 0 radical (unpaired) electrons. The van der Waals surface area contributed by atoms with Crippen LogP contribution in [0.3, 0.4) is 0 Å². The van der Waals surface area contributed by atoms with Crippen LogP contribution < -0.4 is 10.2 Å². The molecule has 2 aliphatic heterocycles. The number of nitrogens with zero attached hydrogens (tertiary/aromatic N) is 4. The zero-order valence-corrected chi connectivity index (χ0v) is 29.8. The van der Waals surface area contributed by atoms with Gasteiger partial charge in [0, 0.05) is 63.1 Å². The van der Waals surface area contributed by atoms with Gasteiger partial charge < -0.3 is 24.8 Å². The molecule has 7 rings (SSSR count). The summed E-state index contributed by atoms with van der Waals surface area (Å²) in [4.78, 5) is 25.8. The first-order chi connectivity index (χ1) is 26.6. The third-order valence-electron chi connectivity index (χ3n) is 10.1. The number of piperazine rings is 1. The number of anilines is 1. The molecule has 3 heterocycles. The number of aliphatic hydroxyl groups excluding tert-OH is 1. The van der Waals surface area contributed by atoms with Crippen molar-refractivity contribution in [2.75, 3.05) is 37.6 Å². The highest BCUT2D eigenvalue weighted by atomic mass is 19.2. The molecule has 4 aromatic carbocycles. The minimum Gasteiger partial charge on any atom is -0.392 e. The maximum absolute atomic E-state index is 14.2. The van der Waals surface area contributed by atoms with Crippen LogP contribution in [0.1, 0.15) is 51.9 Å². The van der Waals surface area contributed by atoms with Crippen LogP contribution in [0.5, 0.6) is 0 Å². The molecule has 0 spiro atoms. The van der Waals surface area contributed by atoms with Crippen molar-refractivity contribution in [3.63, 3.8) is 0 Å². The molecule has 9 nitrogen and oxygen atoms in total. The van der Waals surface area contributed by atoms with Crippen LogP contribution in [-0.2, 0) is 22.6 Å². The van der Waals surface area contributed by atoms with E-state index in [1.54, 1.807) is 36.7 Å². The van der Waals surface area contributed by atoms with Gasteiger partial charge in [-0.15, -0.1) is 0 Å². The largest absolute Gasteiger partial charge is 0.392 e. The first kappa shape index (κ1) is 38.0. The lowest BCUT2D eigenvalue weighted by Gasteiger charge is -2.44. The Morgan fingerprint density at radius 1 is 0.764 bits per heavy atom. The first-order valence-corrected chi connectivity index (χ1v) is 17.8. The molecule has 4 atom stereocenters. The minimum atomic E-state index is -2.33. The van der Waals surface area contributed by atoms with Crippen LogP contribution in [0.4, 0.5) is 27.9 Å². The number of carbonyl (C=O) groups is 1. The smallest absolute Gasteiger partial charge is 0.257 e. The predicted octanol–water partition coefficient (Wildman–Crippen LogP) is 6.88. The van der Waals surface area contributed by atoms with Crippen LogP contribution in [-0.4, -0.2) is 64.7 Å². The number of hydrogen-bond donors (Lipinski definition) is 2. The van der Waals surface area contributed by atoms with Gasteiger partial charge in [-0.05, 0) is 39.9 Å². The summed E-state index contributed by atoms with van der Waals surface area (Å²) in [6.45, 7) is 5.75. The van der Waals surface area contributed by atoms with Crippen molar-refractivity contribution in [1.82, 2.24) is 20.2 Å². The van der Waals surface area contributed by atoms with E-state index in [1.165, 1.54) is 0 Å². The Morgan fingerprint density at radius 2 is 1.40 bits per heavy atom. The molecule has 0 unspecified atom stereocenters. The molecule has 1 aromatic heterocycles. The number of benzene rings is 4. The second-order valence-electron chi connectivity index (χ2n) is 13.6. The van der Waals surface area contributed by atoms with Crippen molar-refractivity contribution in [3.8, 4) is 11.1 Å². The first-order valence-electron chi connectivity index (χ1n) is 17.8. The van der Waals surface area contributed by atoms with Crippen LogP contribution in [0.25, 0.3) is 11.1 Å². The van der Waals surface area contributed by atoms with E-state index in [1.807, 2.05) is 54.6 Å². The van der Waals surface area contributed by atoms with Crippen molar-refractivity contribution in [1.29, 1.82) is 0 Å². The molecular formula is C41H38F5N5O4. The molecule has 14 heteroatoms. The number of aliphatic hydroxyl groups is 1. The van der Waals surface area contributed by atoms with Gasteiger partial charge in [0.25, 0.3) is 5.91 Å². The fourth-order valence-electron chi connectivity index (χ4n) is 6.94. The number of carbonyl (C=O) groups excluding carboxylic acids is 1. The standard InChI is InChI=1S/C41H38F5N5O4/c1-24-31(22-50-16-18-51(19-17-50)41-47-14-3-15-48-41)54-40(55-38(24)28-8-6-25(23-52)7-9-28)29-12-10-27(11-13-29)30-5-2-4-26(20-30)21-49-39(53)32-33(42)35(44)37(46)36(45)34(32)43/h2-15,20,24,31,38,40,52H,16-19,21-23H2,1H3,(H,49,53)/t24-,31+,38+,40+/m1/s1. The normalized spacial score (nSPS) is 20.4. The van der Waals surface area contributed by atoms with Gasteiger partial charge in [-0.2, -0.15) is 0 Å². The lowest BCUT2D eigenvalue weighted by molar-refractivity contribution is -0.276. The lowest BCUT2D eigenvalue weighted by atomic mass is 9.89. The Hall–Kier alpha value is -5.28. The maximum atomic E-state index is 14.2. The number of amides is 1. The summed E-state index contributed by atoms with van der Waals surface area (Å²) in [6, 6.07) is 24.1. The zero-order chi connectivity index (χ0) is 38.6. The molecular weight excluding hydrogens is 721 g/mol. The van der Waals surface area contributed by atoms with Gasteiger partial charge >= 0.3 is 0 Å². The van der Waals surface area contributed by atoms with Crippen LogP contribution in [0.2, 0.25) is 0 Å². The third-order valence-corrected chi connectivity index (χ3v) is 10.1. The number of nitrogens with one attached hydrogen (secondary N) is 1. The molecule has 0 aliphatic carbocycles. The molecule has 1 amide bonds. The summed E-state index contributed by atoms with van der Waals surface area (Å²) in [5.41, 5.74) is 3.14. The molecule has 5 aromatic rings. The van der Waals surface area contributed by atoms with E-state index in [9.17, 15) is 31.9 Å². The summed E-state index contributed by atoms with van der Waals surface area (Å²) in [6.07, 6.45) is 2.35. The highest BCUT2D eigenvalue weighted by Crippen LogP contribution is 2.42. The Balaban J connectivity index is 1.05. The fraction of sp³-hybridized carbons (Fsp3) is 0.293. The molecule has 2 N–H and O–H groups in total. The average Bonchev–Trinajstić information content (AvgIpc) is 3.23. The Kier molecular flexibility index (Phi) is 11.5. The highest BCUT2D eigenvalue weighted by molar-refractivity contribution is 5.94. The van der Waals surface area contributed by atoms with Gasteiger partial charge in [0.15, 0.2) is 29.6 Å². The fourth-order valence-corrected chi connectivity index (χ4v) is 6.94. The second-order valence-corrected chi connectivity index (χ2v) is 13.6. The predicted molar refractivity (Wildman–Crippen MR) is 193 cm³/mol. The summed E-state index contributed by atoms with van der Waals surface area (Å²) < 4.78 is 82.4. The van der Waals surface area contributed by atoms with Crippen molar-refractivity contribution in [2.45, 2.75) is 38.6 Å². The van der Waals surface area contributed by atoms with E-state index in [0.717, 1.165) is 59.9 Å². The molecule has 2 saturated heterocycles. The second kappa shape index (κ2) is 16.6. The van der Waals surface area contributed by atoms with Crippen molar-refractivity contribution in [3.05, 3.63) is 148 Å². The van der Waals surface area contributed by atoms with Gasteiger partial charge in [-0.1, -0.05) is 73.7 Å². The molecule has 2 fully saturated rings. The van der Waals surface area contributed by atoms with Gasteiger partial charge in [0.2, 0.25) is 11.8 Å². The van der Waals surface area contributed by atoms with E-state index >= 15 is 0 Å². The van der Waals surface area contributed by atoms with Crippen molar-refractivity contribution >= 4 is 11.9 Å². The average molecular weight is 760 g/mol. The Labute approximate surface area is 314 Å². The summed E-state index contributed by atoms with van der Waals surface area (Å²) >= 11 is 0. The highest BCUT2D eigenvalue weighted by Gasteiger charge is 2.39. The SMILES string of the molecule is C[C@@H]1[C@H](CN2CCN(c3ncccn3)CC2)O[C@H](c2ccc(-c3cccc(CNC(=O)c4c(F)c(F)c(F)c(F)c4F)c3)cc2)O[C@@H]1c1ccc(CO)cc1. The molecule has 0 saturated carbocycles. The molecule has 0 bridgehead atoms. The van der Waals surface area contributed by atoms with Gasteiger partial charge in [-0.3, -0.25) is 9.69 Å². The topological polar surface area (TPSA) is 100 Å². The number of hydrogen-bond acceptors (Lipinski definition) is 8. The summed E-state index contributed by atoms with van der Waals surface area (Å²) in [5, 5.41) is 11.8. The quantitative estimate of drug-likeness (QED) is 0.0905. The monoisotopic (exact) mass is 759 g/mol. The number of halogens is 5. The molecule has 2 aliphatic rings. The number of ether oxygens (including phenoxy) is 2. The van der Waals surface area contributed by atoms with Crippen LogP contribution >= 0.6 is 0 Å². The van der Waals surface area contributed by atoms with E-state index in [2.05, 4.69) is 32.0 Å². The Bertz CT molecular complexity index is 2090. The summed E-state index contributed by atoms with van der Waals surface area (Å²) in [7, 11) is 0. The lowest BCUT2D eigenvalue weighted by Crippen LogP contribution is -2.51. The van der Waals surface area contributed by atoms with Crippen LogP contribution in [0.15, 0.2) is 91.3 Å². The van der Waals surface area contributed by atoms with E-state index < -0.39 is 46.8 Å². The van der Waals surface area contributed by atoms with Crippen LogP contribution in [0, 0.1) is 35.0 Å². The Morgan fingerprint density at radius 3 is 2.05 bits per heavy atom. The molecule has 55 heavy (non-hydrogen) atoms. The van der Waals surface area contributed by atoms with Gasteiger partial charge in [0.1, 0.15) is 5.56 Å². The summed E-state index contributed by atoms with van der Waals surface area (Å²) in [5.74, 6) is -11.8. The van der Waals surface area contributed by atoms with Gasteiger partial charge in [0.05, 0.1) is 18.8 Å². The van der Waals surface area contributed by atoms with Gasteiger partial charge in [-0.25, -0.2) is 31.9 Å². The number of aromatic nitrogens is 2. The molecule has 286 valence electrons. The zero-order valence-electron chi connectivity index (χ0n) is 29.8. The van der Waals surface area contributed by atoms with Crippen molar-refractivity contribution < 1.29 is 41.3 Å². The van der Waals surface area contributed by atoms with E-state index in [0.29, 0.717) is 12.1 Å². The van der Waals surface area contributed by atoms with Crippen molar-refractivity contribution in [2.24, 2.45) is 5.92 Å². The minimum absolute atomic E-state index is 0.00306.